The Labute approximate surface area is 213 Å². The standard InChI is InChI=1S/C25H21N3O4S3/c1-3-26-17-8-6-5-7-15(17)16-11-14(9-10-18(16)26)12-19-22(31)28(13-20(29)30)24(34-19)21-23(32)27(4-2)25(33)35-21/h5-12H,3-4,13H2,1-2H3,(H,29,30). The molecule has 1 N–H and O–H groups in total. The van der Waals surface area contributed by atoms with E-state index >= 15 is 0 Å². The van der Waals surface area contributed by atoms with Crippen molar-refractivity contribution in [1.82, 2.24) is 14.0 Å². The highest BCUT2D eigenvalue weighted by molar-refractivity contribution is 8.30. The molecule has 4 aromatic rings. The molecule has 2 aromatic carbocycles. The van der Waals surface area contributed by atoms with Crippen LogP contribution in [0.4, 0.5) is 0 Å². The number of thioether (sulfide) groups is 1. The largest absolute Gasteiger partial charge is 0.480 e. The highest BCUT2D eigenvalue weighted by atomic mass is 32.2. The fourth-order valence-electron chi connectivity index (χ4n) is 4.42. The van der Waals surface area contributed by atoms with E-state index in [1.807, 2.05) is 37.3 Å². The van der Waals surface area contributed by atoms with Gasteiger partial charge in [-0.3, -0.25) is 23.9 Å². The third-order valence-corrected chi connectivity index (χ3v) is 8.67. The quantitative estimate of drug-likeness (QED) is 0.405. The van der Waals surface area contributed by atoms with Crippen LogP contribution in [0.3, 0.4) is 0 Å². The first kappa shape index (κ1) is 23.5. The van der Waals surface area contributed by atoms with E-state index in [0.29, 0.717) is 25.0 Å². The van der Waals surface area contributed by atoms with Gasteiger partial charge in [-0.05, 0) is 43.7 Å². The number of amides is 1. The molecule has 1 aliphatic heterocycles. The third kappa shape index (κ3) is 3.91. The number of benzene rings is 2. The maximum Gasteiger partial charge on any atom is 0.323 e. The number of carboxylic acid groups (broad SMARTS) is 1. The molecule has 5 rings (SSSR count). The zero-order valence-electron chi connectivity index (χ0n) is 19.0. The van der Waals surface area contributed by atoms with Gasteiger partial charge in [0.2, 0.25) is 0 Å². The number of carbonyl (C=O) groups is 2. The van der Waals surface area contributed by atoms with Crippen LogP contribution in [0.15, 0.2) is 47.3 Å². The summed E-state index contributed by atoms with van der Waals surface area (Å²) < 4.78 is 4.49. The summed E-state index contributed by atoms with van der Waals surface area (Å²) in [6.07, 6.45) is 1.76. The van der Waals surface area contributed by atoms with Gasteiger partial charge in [-0.25, -0.2) is 0 Å². The Balaban J connectivity index is 1.74. The summed E-state index contributed by atoms with van der Waals surface area (Å²) in [6, 6.07) is 14.2. The highest BCUT2D eigenvalue weighted by Crippen LogP contribution is 2.31. The van der Waals surface area contributed by atoms with Gasteiger partial charge < -0.3 is 9.67 Å². The number of hydrogen-bond donors (Lipinski definition) is 1. The fraction of sp³-hybridized carbons (Fsp3) is 0.200. The molecule has 35 heavy (non-hydrogen) atoms. The lowest BCUT2D eigenvalue weighted by Crippen LogP contribution is -2.35. The Bertz CT molecular complexity index is 1730. The molecule has 0 bridgehead atoms. The predicted molar refractivity (Wildman–Crippen MR) is 145 cm³/mol. The van der Waals surface area contributed by atoms with Crippen LogP contribution in [0.25, 0.3) is 32.8 Å². The molecule has 7 nitrogen and oxygen atoms in total. The summed E-state index contributed by atoms with van der Waals surface area (Å²) in [7, 11) is 0. The smallest absolute Gasteiger partial charge is 0.323 e. The maximum absolute atomic E-state index is 13.2. The minimum atomic E-state index is -1.16. The molecular weight excluding hydrogens is 502 g/mol. The van der Waals surface area contributed by atoms with Crippen LogP contribution < -0.4 is 14.8 Å². The highest BCUT2D eigenvalue weighted by Gasteiger charge is 2.33. The SMILES string of the molecule is CCN1C(=O)C(=c2sc(=Cc3ccc4c(c3)c3ccccc3n4CC)c(=O)n2CC(=O)O)SC1=S. The summed E-state index contributed by atoms with van der Waals surface area (Å²) in [5.74, 6) is -1.46. The Morgan fingerprint density at radius 3 is 2.46 bits per heavy atom. The Kier molecular flexibility index (Phi) is 6.12. The molecule has 1 amide bonds. The second kappa shape index (κ2) is 9.10. The van der Waals surface area contributed by atoms with Crippen molar-refractivity contribution in [3.05, 3.63) is 67.6 Å². The van der Waals surface area contributed by atoms with Gasteiger partial charge in [0.15, 0.2) is 0 Å². The van der Waals surface area contributed by atoms with Crippen molar-refractivity contribution in [3.63, 3.8) is 0 Å². The normalized spacial score (nSPS) is 16.3. The predicted octanol–water partition coefficient (Wildman–Crippen LogP) is 2.94. The van der Waals surface area contributed by atoms with Gasteiger partial charge in [0.1, 0.15) is 20.4 Å². The van der Waals surface area contributed by atoms with E-state index in [1.54, 1.807) is 6.08 Å². The number of thiazole rings is 1. The molecule has 0 aliphatic carbocycles. The number of para-hydroxylation sites is 1. The summed E-state index contributed by atoms with van der Waals surface area (Å²) in [5, 5.41) is 11.6. The molecule has 2 aromatic heterocycles. The van der Waals surface area contributed by atoms with Crippen LogP contribution >= 0.6 is 35.3 Å². The number of aromatic nitrogens is 2. The average molecular weight is 524 g/mol. The summed E-state index contributed by atoms with van der Waals surface area (Å²) >= 11 is 7.52. The van der Waals surface area contributed by atoms with Gasteiger partial charge in [-0.15, -0.1) is 11.3 Å². The molecule has 1 saturated heterocycles. The lowest BCUT2D eigenvalue weighted by molar-refractivity contribution is -0.137. The first-order valence-electron chi connectivity index (χ1n) is 11.1. The number of aliphatic carboxylic acids is 1. The minimum absolute atomic E-state index is 0.293. The van der Waals surface area contributed by atoms with Crippen molar-refractivity contribution in [2.75, 3.05) is 6.54 Å². The molecule has 0 radical (unpaired) electrons. The van der Waals surface area contributed by atoms with Crippen molar-refractivity contribution in [2.45, 2.75) is 26.9 Å². The molecule has 1 aliphatic rings. The first-order valence-corrected chi connectivity index (χ1v) is 13.1. The van der Waals surface area contributed by atoms with Crippen LogP contribution in [0, 0.1) is 0 Å². The van der Waals surface area contributed by atoms with Crippen molar-refractivity contribution < 1.29 is 14.7 Å². The number of carbonyl (C=O) groups excluding carboxylic acids is 1. The van der Waals surface area contributed by atoms with Crippen molar-refractivity contribution >= 4 is 84.3 Å². The topological polar surface area (TPSA) is 84.5 Å². The maximum atomic E-state index is 13.2. The molecule has 0 atom stereocenters. The van der Waals surface area contributed by atoms with E-state index in [1.165, 1.54) is 4.90 Å². The lowest BCUT2D eigenvalue weighted by atomic mass is 10.1. The zero-order chi connectivity index (χ0) is 24.9. The van der Waals surface area contributed by atoms with Gasteiger partial charge in [0.25, 0.3) is 11.5 Å². The molecular formula is C25H21N3O4S3. The number of fused-ring (bicyclic) bond motifs is 3. The van der Waals surface area contributed by atoms with E-state index in [9.17, 15) is 19.5 Å². The number of aryl methyl sites for hydroxylation is 1. The first-order chi connectivity index (χ1) is 16.8. The number of carboxylic acids is 1. The minimum Gasteiger partial charge on any atom is -0.480 e. The molecule has 10 heteroatoms. The van der Waals surface area contributed by atoms with Crippen molar-refractivity contribution in [2.24, 2.45) is 0 Å². The summed E-state index contributed by atoms with van der Waals surface area (Å²) in [4.78, 5) is 39.4. The molecule has 178 valence electrons. The summed E-state index contributed by atoms with van der Waals surface area (Å²) in [6.45, 7) is 4.64. The van der Waals surface area contributed by atoms with Gasteiger partial charge in [0, 0.05) is 34.9 Å². The van der Waals surface area contributed by atoms with E-state index in [-0.39, 0.29) is 5.91 Å². The number of thiocarbonyl (C=S) groups is 1. The molecule has 0 spiro atoms. The monoisotopic (exact) mass is 523 g/mol. The molecule has 0 saturated carbocycles. The van der Waals surface area contributed by atoms with Crippen molar-refractivity contribution in [3.8, 4) is 0 Å². The van der Waals surface area contributed by atoms with Gasteiger partial charge in [0.05, 0.1) is 4.53 Å². The Morgan fingerprint density at radius 2 is 1.77 bits per heavy atom. The van der Waals surface area contributed by atoms with Gasteiger partial charge in [-0.1, -0.05) is 48.2 Å². The molecule has 3 heterocycles. The van der Waals surface area contributed by atoms with E-state index in [4.69, 9.17) is 12.2 Å². The molecule has 0 unspecified atom stereocenters. The van der Waals surface area contributed by atoms with Crippen LogP contribution in [0.5, 0.6) is 0 Å². The van der Waals surface area contributed by atoms with Crippen LogP contribution in [-0.2, 0) is 22.7 Å². The average Bonchev–Trinajstić information content (AvgIpc) is 3.42. The number of rotatable bonds is 5. The van der Waals surface area contributed by atoms with Crippen molar-refractivity contribution in [1.29, 1.82) is 0 Å². The second-order valence-corrected chi connectivity index (χ2v) is 10.7. The van der Waals surface area contributed by atoms with Gasteiger partial charge in [-0.2, -0.15) is 0 Å². The number of hydrogen-bond acceptors (Lipinski definition) is 6. The van der Waals surface area contributed by atoms with Crippen LogP contribution in [-0.4, -0.2) is 41.9 Å². The van der Waals surface area contributed by atoms with Gasteiger partial charge >= 0.3 is 5.97 Å². The second-order valence-electron chi connectivity index (χ2n) is 7.99. The number of nitrogens with zero attached hydrogens (tertiary/aromatic N) is 3. The van der Waals surface area contributed by atoms with E-state index < -0.39 is 18.1 Å². The van der Waals surface area contributed by atoms with Crippen LogP contribution in [0.1, 0.15) is 19.4 Å². The van der Waals surface area contributed by atoms with E-state index in [2.05, 4.69) is 23.6 Å². The molecule has 1 fully saturated rings. The Hall–Kier alpha value is -3.21. The fourth-order valence-corrected chi connectivity index (χ4v) is 7.06. The van der Waals surface area contributed by atoms with Crippen LogP contribution in [0.2, 0.25) is 0 Å². The zero-order valence-corrected chi connectivity index (χ0v) is 21.4. The Morgan fingerprint density at radius 1 is 1.03 bits per heavy atom. The summed E-state index contributed by atoms with van der Waals surface area (Å²) in [5.41, 5.74) is 2.64. The lowest BCUT2D eigenvalue weighted by Gasteiger charge is -2.09. The van der Waals surface area contributed by atoms with E-state index in [0.717, 1.165) is 61.6 Å². The third-order valence-electron chi connectivity index (χ3n) is 5.97.